The van der Waals surface area contributed by atoms with Gasteiger partial charge in [0.25, 0.3) is 0 Å². The second kappa shape index (κ2) is 5.32. The monoisotopic (exact) mass is 235 g/mol. The maximum absolute atomic E-state index is 5.01. The van der Waals surface area contributed by atoms with Gasteiger partial charge in [-0.15, -0.1) is 11.3 Å². The van der Waals surface area contributed by atoms with Crippen LogP contribution in [-0.4, -0.2) is 6.54 Å². The lowest BCUT2D eigenvalue weighted by Crippen LogP contribution is -2.16. The van der Waals surface area contributed by atoms with Crippen LogP contribution in [0.4, 0.5) is 0 Å². The summed E-state index contributed by atoms with van der Waals surface area (Å²) < 4.78 is 5.01. The molecule has 0 radical (unpaired) electrons. The first-order valence-electron chi connectivity index (χ1n) is 5.53. The SMILES string of the molecule is Cc1cc(CCNCc2ccoc2)c(C)s1. The number of furan rings is 1. The zero-order valence-corrected chi connectivity index (χ0v) is 10.6. The highest BCUT2D eigenvalue weighted by atomic mass is 32.1. The third kappa shape index (κ3) is 2.97. The van der Waals surface area contributed by atoms with E-state index in [2.05, 4.69) is 25.2 Å². The van der Waals surface area contributed by atoms with Gasteiger partial charge in [-0.05, 0) is 44.5 Å². The highest BCUT2D eigenvalue weighted by Gasteiger charge is 2.02. The van der Waals surface area contributed by atoms with Gasteiger partial charge in [0.2, 0.25) is 0 Å². The maximum atomic E-state index is 5.01. The Bertz CT molecular complexity index is 431. The Hall–Kier alpha value is -1.06. The van der Waals surface area contributed by atoms with Crippen molar-refractivity contribution in [3.63, 3.8) is 0 Å². The fourth-order valence-corrected chi connectivity index (χ4v) is 2.76. The molecule has 3 heteroatoms. The van der Waals surface area contributed by atoms with Crippen LogP contribution in [0.2, 0.25) is 0 Å². The summed E-state index contributed by atoms with van der Waals surface area (Å²) in [5.74, 6) is 0. The molecule has 2 rings (SSSR count). The van der Waals surface area contributed by atoms with E-state index in [0.29, 0.717) is 0 Å². The van der Waals surface area contributed by atoms with Crippen molar-refractivity contribution in [3.8, 4) is 0 Å². The fraction of sp³-hybridized carbons (Fsp3) is 0.385. The van der Waals surface area contributed by atoms with Gasteiger partial charge in [-0.2, -0.15) is 0 Å². The Balaban J connectivity index is 1.74. The van der Waals surface area contributed by atoms with Crippen LogP contribution in [0.3, 0.4) is 0 Å². The van der Waals surface area contributed by atoms with Crippen LogP contribution in [0.1, 0.15) is 20.9 Å². The summed E-state index contributed by atoms with van der Waals surface area (Å²) >= 11 is 1.88. The third-order valence-electron chi connectivity index (χ3n) is 2.62. The zero-order valence-electron chi connectivity index (χ0n) is 9.75. The average molecular weight is 235 g/mol. The molecule has 0 fully saturated rings. The molecule has 0 atom stereocenters. The van der Waals surface area contributed by atoms with E-state index in [4.69, 9.17) is 4.42 Å². The minimum absolute atomic E-state index is 0.888. The standard InChI is InChI=1S/C13H17NOS/c1-10-7-13(11(2)16-10)3-5-14-8-12-4-6-15-9-12/h4,6-7,9,14H,3,5,8H2,1-2H3. The Morgan fingerprint density at radius 2 is 2.25 bits per heavy atom. The van der Waals surface area contributed by atoms with Gasteiger partial charge < -0.3 is 9.73 Å². The van der Waals surface area contributed by atoms with Crippen molar-refractivity contribution in [2.45, 2.75) is 26.8 Å². The first-order valence-corrected chi connectivity index (χ1v) is 6.35. The largest absolute Gasteiger partial charge is 0.472 e. The molecule has 2 aromatic rings. The van der Waals surface area contributed by atoms with Gasteiger partial charge in [0.05, 0.1) is 12.5 Å². The lowest BCUT2D eigenvalue weighted by Gasteiger charge is -2.02. The molecule has 2 aromatic heterocycles. The van der Waals surface area contributed by atoms with Crippen LogP contribution in [0.15, 0.2) is 29.1 Å². The quantitative estimate of drug-likeness (QED) is 0.804. The van der Waals surface area contributed by atoms with Crippen molar-refractivity contribution < 1.29 is 4.42 Å². The molecule has 0 unspecified atom stereocenters. The fourth-order valence-electron chi connectivity index (χ4n) is 1.78. The number of hydrogen-bond acceptors (Lipinski definition) is 3. The molecule has 0 amide bonds. The van der Waals surface area contributed by atoms with E-state index < -0.39 is 0 Å². The molecular formula is C13H17NOS. The number of nitrogens with one attached hydrogen (secondary N) is 1. The molecule has 0 aromatic carbocycles. The molecule has 0 saturated carbocycles. The number of aryl methyl sites for hydroxylation is 2. The number of thiophene rings is 1. The number of rotatable bonds is 5. The Morgan fingerprint density at radius 3 is 2.88 bits per heavy atom. The van der Waals surface area contributed by atoms with Gasteiger partial charge in [0, 0.05) is 21.9 Å². The smallest absolute Gasteiger partial charge is 0.0947 e. The van der Waals surface area contributed by atoms with Crippen LogP contribution >= 0.6 is 11.3 Å². The van der Waals surface area contributed by atoms with E-state index in [9.17, 15) is 0 Å². The minimum Gasteiger partial charge on any atom is -0.472 e. The maximum Gasteiger partial charge on any atom is 0.0947 e. The van der Waals surface area contributed by atoms with E-state index in [1.165, 1.54) is 20.9 Å². The lowest BCUT2D eigenvalue weighted by molar-refractivity contribution is 0.560. The molecule has 0 bridgehead atoms. The van der Waals surface area contributed by atoms with Crippen LogP contribution in [0, 0.1) is 13.8 Å². The van der Waals surface area contributed by atoms with Crippen molar-refractivity contribution in [2.24, 2.45) is 0 Å². The van der Waals surface area contributed by atoms with Gasteiger partial charge >= 0.3 is 0 Å². The Kier molecular flexibility index (Phi) is 3.80. The molecule has 0 aliphatic carbocycles. The van der Waals surface area contributed by atoms with Gasteiger partial charge in [0.1, 0.15) is 0 Å². The first kappa shape index (κ1) is 11.4. The van der Waals surface area contributed by atoms with Gasteiger partial charge in [-0.1, -0.05) is 0 Å². The summed E-state index contributed by atoms with van der Waals surface area (Å²) in [6, 6.07) is 4.28. The Morgan fingerprint density at radius 1 is 1.38 bits per heavy atom. The van der Waals surface area contributed by atoms with E-state index in [0.717, 1.165) is 19.5 Å². The molecule has 0 spiro atoms. The van der Waals surface area contributed by atoms with Crippen LogP contribution < -0.4 is 5.32 Å². The van der Waals surface area contributed by atoms with Crippen LogP contribution in [0.5, 0.6) is 0 Å². The van der Waals surface area contributed by atoms with E-state index >= 15 is 0 Å². The van der Waals surface area contributed by atoms with Crippen LogP contribution in [-0.2, 0) is 13.0 Å². The van der Waals surface area contributed by atoms with Crippen LogP contribution in [0.25, 0.3) is 0 Å². The molecule has 86 valence electrons. The summed E-state index contributed by atoms with van der Waals surface area (Å²) in [6.07, 6.45) is 4.60. The normalized spacial score (nSPS) is 10.9. The molecule has 0 saturated heterocycles. The summed E-state index contributed by atoms with van der Waals surface area (Å²) in [6.45, 7) is 6.27. The van der Waals surface area contributed by atoms with Gasteiger partial charge in [-0.25, -0.2) is 0 Å². The van der Waals surface area contributed by atoms with Crippen molar-refractivity contribution in [3.05, 3.63) is 45.5 Å². The molecule has 16 heavy (non-hydrogen) atoms. The van der Waals surface area contributed by atoms with E-state index in [-0.39, 0.29) is 0 Å². The second-order valence-electron chi connectivity index (χ2n) is 4.00. The second-order valence-corrected chi connectivity index (χ2v) is 5.46. The molecular weight excluding hydrogens is 218 g/mol. The highest BCUT2D eigenvalue weighted by Crippen LogP contribution is 2.20. The summed E-state index contributed by atoms with van der Waals surface area (Å²) in [7, 11) is 0. The third-order valence-corrected chi connectivity index (χ3v) is 3.63. The molecule has 2 heterocycles. The molecule has 2 nitrogen and oxygen atoms in total. The van der Waals surface area contributed by atoms with Gasteiger partial charge in [0.15, 0.2) is 0 Å². The molecule has 1 N–H and O–H groups in total. The predicted molar refractivity (Wildman–Crippen MR) is 67.9 cm³/mol. The Labute approximate surface area is 100 Å². The summed E-state index contributed by atoms with van der Waals surface area (Å²) in [5.41, 5.74) is 2.68. The van der Waals surface area contributed by atoms with Crippen molar-refractivity contribution in [1.29, 1.82) is 0 Å². The van der Waals surface area contributed by atoms with E-state index in [1.54, 1.807) is 12.5 Å². The van der Waals surface area contributed by atoms with E-state index in [1.807, 2.05) is 17.4 Å². The predicted octanol–water partition coefficient (Wildman–Crippen LogP) is 3.29. The van der Waals surface area contributed by atoms with Crippen molar-refractivity contribution in [2.75, 3.05) is 6.54 Å². The summed E-state index contributed by atoms with van der Waals surface area (Å²) in [4.78, 5) is 2.85. The lowest BCUT2D eigenvalue weighted by atomic mass is 10.2. The first-order chi connectivity index (χ1) is 7.75. The molecule has 0 aliphatic rings. The van der Waals surface area contributed by atoms with Crippen molar-refractivity contribution in [1.82, 2.24) is 5.32 Å². The zero-order chi connectivity index (χ0) is 11.4. The van der Waals surface area contributed by atoms with Gasteiger partial charge in [-0.3, -0.25) is 0 Å². The minimum atomic E-state index is 0.888. The topological polar surface area (TPSA) is 25.2 Å². The number of hydrogen-bond donors (Lipinski definition) is 1. The average Bonchev–Trinajstić information content (AvgIpc) is 2.84. The summed E-state index contributed by atoms with van der Waals surface area (Å²) in [5, 5.41) is 3.42. The highest BCUT2D eigenvalue weighted by molar-refractivity contribution is 7.12. The molecule has 0 aliphatic heterocycles. The van der Waals surface area contributed by atoms with Crippen molar-refractivity contribution >= 4 is 11.3 Å².